The van der Waals surface area contributed by atoms with E-state index in [1.54, 1.807) is 13.8 Å². The van der Waals surface area contributed by atoms with E-state index in [-0.39, 0.29) is 32.3 Å². The zero-order valence-electron chi connectivity index (χ0n) is 29.6. The van der Waals surface area contributed by atoms with Gasteiger partial charge in [-0.05, 0) is 89.4 Å². The number of hydrogen-bond acceptors (Lipinski definition) is 6. The van der Waals surface area contributed by atoms with Crippen molar-refractivity contribution in [1.29, 1.82) is 0 Å². The molecule has 3 rings (SSSR count). The Hall–Kier alpha value is -3.78. The van der Waals surface area contributed by atoms with Crippen molar-refractivity contribution in [3.63, 3.8) is 0 Å². The topological polar surface area (TPSA) is 93.1 Å². The molecule has 48 heavy (non-hydrogen) atoms. The highest BCUT2D eigenvalue weighted by Crippen LogP contribution is 2.30. The first-order valence-electron chi connectivity index (χ1n) is 17.1. The molecule has 0 aliphatic rings. The summed E-state index contributed by atoms with van der Waals surface area (Å²) < 4.78 is 11.5. The fraction of sp³-hybridized carbons (Fsp3) is 0.415. The predicted octanol–water partition coefficient (Wildman–Crippen LogP) is 8.29. The van der Waals surface area contributed by atoms with Crippen LogP contribution in [0.5, 0.6) is 0 Å². The lowest BCUT2D eigenvalue weighted by molar-refractivity contribution is -0.140. The first-order valence-corrected chi connectivity index (χ1v) is 20.3. The minimum absolute atomic E-state index is 0.0550. The zero-order chi connectivity index (χ0) is 35.3. The molecule has 0 aromatic heterocycles. The smallest absolute Gasteiger partial charge is 0.333 e. The highest BCUT2D eigenvalue weighted by Gasteiger charge is 2.30. The van der Waals surface area contributed by atoms with Crippen molar-refractivity contribution < 1.29 is 29.3 Å². The Balaban J connectivity index is 2.04. The van der Waals surface area contributed by atoms with E-state index < -0.39 is 20.0 Å². The van der Waals surface area contributed by atoms with Crippen LogP contribution in [0.3, 0.4) is 0 Å². The van der Waals surface area contributed by atoms with Crippen LogP contribution in [-0.4, -0.2) is 43.4 Å². The second kappa shape index (κ2) is 18.7. The van der Waals surface area contributed by atoms with Gasteiger partial charge in [-0.3, -0.25) is 0 Å². The maximum atomic E-state index is 12.5. The molecule has 258 valence electrons. The van der Waals surface area contributed by atoms with E-state index in [4.69, 9.17) is 9.47 Å². The van der Waals surface area contributed by atoms with Crippen molar-refractivity contribution in [1.82, 2.24) is 0 Å². The highest BCUT2D eigenvalue weighted by molar-refractivity contribution is 6.90. The molecule has 3 aromatic rings. The number of esters is 2. The van der Waals surface area contributed by atoms with E-state index in [9.17, 15) is 19.8 Å². The molecule has 0 spiro atoms. The Morgan fingerprint density at radius 2 is 1.19 bits per heavy atom. The third-order valence-electron chi connectivity index (χ3n) is 8.90. The number of aryl methyl sites for hydroxylation is 1. The summed E-state index contributed by atoms with van der Waals surface area (Å²) >= 11 is 0. The van der Waals surface area contributed by atoms with Crippen molar-refractivity contribution in [2.24, 2.45) is 5.92 Å². The van der Waals surface area contributed by atoms with Crippen molar-refractivity contribution in [2.75, 3.05) is 13.2 Å². The van der Waals surface area contributed by atoms with Gasteiger partial charge in [-0.15, -0.1) is 0 Å². The summed E-state index contributed by atoms with van der Waals surface area (Å²) in [5, 5.41) is 20.3. The Morgan fingerprint density at radius 3 is 1.62 bits per heavy atom. The van der Waals surface area contributed by atoms with Crippen LogP contribution in [0.4, 0.5) is 0 Å². The maximum Gasteiger partial charge on any atom is 0.333 e. The van der Waals surface area contributed by atoms with E-state index in [1.807, 2.05) is 0 Å². The first kappa shape index (κ1) is 38.7. The minimum atomic E-state index is -2.24. The average Bonchev–Trinajstić information content (AvgIpc) is 3.08. The van der Waals surface area contributed by atoms with Gasteiger partial charge in [0.1, 0.15) is 13.2 Å². The fourth-order valence-electron chi connectivity index (χ4n) is 6.06. The second-order valence-electron chi connectivity index (χ2n) is 13.6. The summed E-state index contributed by atoms with van der Waals surface area (Å²) in [5.74, 6) is -1.08. The number of rotatable bonds is 19. The third kappa shape index (κ3) is 11.1. The Kier molecular flexibility index (Phi) is 15.0. The van der Waals surface area contributed by atoms with E-state index in [1.165, 1.54) is 24.8 Å². The minimum Gasteiger partial charge on any atom is -0.457 e. The first-order chi connectivity index (χ1) is 22.9. The van der Waals surface area contributed by atoms with Gasteiger partial charge in [0.05, 0.1) is 8.07 Å². The Morgan fingerprint density at radius 1 is 0.729 bits per heavy atom. The van der Waals surface area contributed by atoms with Gasteiger partial charge in [-0.25, -0.2) is 9.59 Å². The van der Waals surface area contributed by atoms with Crippen LogP contribution in [0, 0.1) is 5.92 Å². The molecule has 0 radical (unpaired) electrons. The fourth-order valence-corrected chi connectivity index (χ4v) is 9.43. The van der Waals surface area contributed by atoms with Crippen LogP contribution in [0.1, 0.15) is 69.6 Å². The van der Waals surface area contributed by atoms with Gasteiger partial charge >= 0.3 is 11.9 Å². The van der Waals surface area contributed by atoms with Crippen molar-refractivity contribution in [3.05, 3.63) is 102 Å². The second-order valence-corrected chi connectivity index (χ2v) is 18.4. The molecule has 0 aliphatic heterocycles. The predicted molar refractivity (Wildman–Crippen MR) is 199 cm³/mol. The molecule has 0 bridgehead atoms. The van der Waals surface area contributed by atoms with Crippen LogP contribution >= 0.6 is 0 Å². The summed E-state index contributed by atoms with van der Waals surface area (Å²) in [5.41, 5.74) is 7.98. The molecule has 2 N–H and O–H groups in total. The molecule has 0 saturated heterocycles. The standard InChI is InChI=1S/C41H54O6Si/c1-8-9-10-12-31-14-16-33(17-15-31)34-18-20-35(21-19-34)36-23-37(27-46-40(44)29(2)3)39(38(24-36)28-47-41(45)30(4)5)48(6,7)22-11-13-32(25-42)26-43/h14-21,23-24,32,42-43H,2,4,8-13,22,25-28H2,1,3,5-7H3. The maximum absolute atomic E-state index is 12.5. The van der Waals surface area contributed by atoms with Crippen molar-refractivity contribution in [3.8, 4) is 22.3 Å². The molecule has 7 heteroatoms. The number of carbonyl (C=O) groups excluding carboxylic acids is 2. The van der Waals surface area contributed by atoms with Gasteiger partial charge < -0.3 is 19.7 Å². The summed E-state index contributed by atoms with van der Waals surface area (Å²) in [7, 11) is -2.24. The van der Waals surface area contributed by atoms with Gasteiger partial charge in [0.15, 0.2) is 0 Å². The number of unbranched alkanes of at least 4 members (excludes halogenated alkanes) is 2. The quantitative estimate of drug-likeness (QED) is 0.0577. The van der Waals surface area contributed by atoms with E-state index in [2.05, 4.69) is 93.8 Å². The molecule has 0 amide bonds. The molecule has 0 aliphatic carbocycles. The number of aliphatic hydroxyl groups excluding tert-OH is 2. The van der Waals surface area contributed by atoms with E-state index in [0.29, 0.717) is 17.6 Å². The number of aliphatic hydroxyl groups is 2. The van der Waals surface area contributed by atoms with Crippen molar-refractivity contribution in [2.45, 2.75) is 91.6 Å². The Labute approximate surface area is 288 Å². The SMILES string of the molecule is C=C(C)C(=O)OCc1cc(-c2ccc(-c3ccc(CCCCC)cc3)cc2)cc(COC(=O)C(=C)C)c1[Si](C)(C)CCCC(CO)CO. The normalized spacial score (nSPS) is 11.4. The largest absolute Gasteiger partial charge is 0.457 e. The monoisotopic (exact) mass is 670 g/mol. The van der Waals surface area contributed by atoms with Gasteiger partial charge in [0, 0.05) is 30.3 Å². The number of carbonyl (C=O) groups is 2. The van der Waals surface area contributed by atoms with Gasteiger partial charge in [-0.1, -0.05) is 107 Å². The van der Waals surface area contributed by atoms with Gasteiger partial charge in [0.25, 0.3) is 0 Å². The lowest BCUT2D eigenvalue weighted by Crippen LogP contribution is -2.46. The molecule has 0 fully saturated rings. The highest BCUT2D eigenvalue weighted by atomic mass is 28.3. The summed E-state index contributed by atoms with van der Waals surface area (Å²) in [6.45, 7) is 17.5. The third-order valence-corrected chi connectivity index (χ3v) is 12.5. The number of benzene rings is 3. The zero-order valence-corrected chi connectivity index (χ0v) is 30.6. The lowest BCUT2D eigenvalue weighted by atomic mass is 9.96. The van der Waals surface area contributed by atoms with Crippen molar-refractivity contribution >= 4 is 25.2 Å². The summed E-state index contributed by atoms with van der Waals surface area (Å²) in [4.78, 5) is 25.1. The molecule has 0 heterocycles. The van der Waals surface area contributed by atoms with Gasteiger partial charge in [-0.2, -0.15) is 0 Å². The molecular weight excluding hydrogens is 617 g/mol. The summed E-state index contributed by atoms with van der Waals surface area (Å²) in [6.07, 6.45) is 6.30. The molecule has 6 nitrogen and oxygen atoms in total. The Bertz CT molecular complexity index is 1480. The van der Waals surface area contributed by atoms with Crippen LogP contribution < -0.4 is 5.19 Å². The van der Waals surface area contributed by atoms with E-state index >= 15 is 0 Å². The average molecular weight is 671 g/mol. The van der Waals surface area contributed by atoms with E-state index in [0.717, 1.165) is 57.5 Å². The van der Waals surface area contributed by atoms with Crippen LogP contribution in [0.2, 0.25) is 19.1 Å². The summed E-state index contributed by atoms with van der Waals surface area (Å²) in [6, 6.07) is 22.3. The van der Waals surface area contributed by atoms with Crippen LogP contribution in [0.25, 0.3) is 22.3 Å². The molecule has 0 saturated carbocycles. The molecule has 3 aromatic carbocycles. The molecule has 0 unspecified atom stereocenters. The number of ether oxygens (including phenoxy) is 2. The van der Waals surface area contributed by atoms with Crippen LogP contribution in [-0.2, 0) is 38.7 Å². The molecule has 0 atom stereocenters. The molecular formula is C41H54O6Si. The lowest BCUT2D eigenvalue weighted by Gasteiger charge is -2.30. The number of hydrogen-bond donors (Lipinski definition) is 2. The van der Waals surface area contributed by atoms with Gasteiger partial charge in [0.2, 0.25) is 0 Å². The van der Waals surface area contributed by atoms with Crippen LogP contribution in [0.15, 0.2) is 85.0 Å².